The van der Waals surface area contributed by atoms with Crippen molar-refractivity contribution in [2.75, 3.05) is 32.7 Å². The number of imidazole rings is 1. The molecule has 0 spiro atoms. The number of aromatic amines is 1. The molecule has 3 aromatic rings. The van der Waals surface area contributed by atoms with Crippen molar-refractivity contribution in [2.45, 2.75) is 32.7 Å². The van der Waals surface area contributed by atoms with Crippen molar-refractivity contribution in [1.29, 1.82) is 0 Å². The number of piperidine rings is 1. The van der Waals surface area contributed by atoms with Crippen LogP contribution in [0.5, 0.6) is 0 Å². The van der Waals surface area contributed by atoms with Crippen LogP contribution in [0.2, 0.25) is 0 Å². The molecule has 0 amide bonds. The highest BCUT2D eigenvalue weighted by Crippen LogP contribution is 2.20. The zero-order valence-electron chi connectivity index (χ0n) is 17.6. The minimum absolute atomic E-state index is 0.157. The maximum absolute atomic E-state index is 13.4. The highest BCUT2D eigenvalue weighted by atomic mass is 19.1. The summed E-state index contributed by atoms with van der Waals surface area (Å²) in [5, 5.41) is 0. The van der Waals surface area contributed by atoms with Crippen LogP contribution in [0.15, 0.2) is 42.5 Å². The molecule has 1 aliphatic rings. The fourth-order valence-corrected chi connectivity index (χ4v) is 4.48. The van der Waals surface area contributed by atoms with Crippen LogP contribution in [-0.4, -0.2) is 52.5 Å². The van der Waals surface area contributed by atoms with E-state index in [1.807, 2.05) is 6.07 Å². The predicted molar refractivity (Wildman–Crippen MR) is 116 cm³/mol. The highest BCUT2D eigenvalue weighted by Gasteiger charge is 2.22. The average molecular weight is 413 g/mol. The molecule has 0 radical (unpaired) electrons. The van der Waals surface area contributed by atoms with Crippen LogP contribution in [0.4, 0.5) is 8.78 Å². The van der Waals surface area contributed by atoms with Crippen molar-refractivity contribution in [1.82, 2.24) is 19.8 Å². The Morgan fingerprint density at radius 3 is 2.87 bits per heavy atom. The third-order valence-electron chi connectivity index (χ3n) is 6.04. The van der Waals surface area contributed by atoms with Gasteiger partial charge in [0.15, 0.2) is 0 Å². The number of hydrogen-bond donors (Lipinski definition) is 1. The van der Waals surface area contributed by atoms with Crippen LogP contribution in [0.3, 0.4) is 0 Å². The number of aromatic nitrogens is 2. The summed E-state index contributed by atoms with van der Waals surface area (Å²) in [5.74, 6) is 1.10. The van der Waals surface area contributed by atoms with Gasteiger partial charge in [-0.1, -0.05) is 19.1 Å². The average Bonchev–Trinajstić information content (AvgIpc) is 3.13. The summed E-state index contributed by atoms with van der Waals surface area (Å²) in [7, 11) is 0. The fraction of sp³-hybridized carbons (Fsp3) is 0.458. The third kappa shape index (κ3) is 5.43. The van der Waals surface area contributed by atoms with Gasteiger partial charge in [-0.15, -0.1) is 0 Å². The summed E-state index contributed by atoms with van der Waals surface area (Å²) in [5.41, 5.74) is 2.62. The van der Waals surface area contributed by atoms with Gasteiger partial charge in [0, 0.05) is 19.6 Å². The molecule has 0 aliphatic carbocycles. The zero-order valence-corrected chi connectivity index (χ0v) is 17.6. The number of benzene rings is 2. The number of halogens is 2. The third-order valence-corrected chi connectivity index (χ3v) is 6.04. The molecule has 6 heteroatoms. The Kier molecular flexibility index (Phi) is 6.75. The molecule has 4 rings (SSSR count). The molecule has 2 heterocycles. The van der Waals surface area contributed by atoms with Gasteiger partial charge in [-0.3, -0.25) is 4.90 Å². The van der Waals surface area contributed by atoms with E-state index in [0.29, 0.717) is 5.92 Å². The lowest BCUT2D eigenvalue weighted by atomic mass is 9.97. The van der Waals surface area contributed by atoms with E-state index in [2.05, 4.69) is 26.7 Å². The standard InChI is InChI=1S/C24H30F2N4/c1-2-29(17-24-27-22-9-8-21(26)14-23(22)28-24)15-19-6-4-11-30(16-19)12-10-18-5-3-7-20(25)13-18/h3,5,7-9,13-14,19H,2,4,6,10-12,15-17H2,1H3,(H,27,28). The highest BCUT2D eigenvalue weighted by molar-refractivity contribution is 5.74. The lowest BCUT2D eigenvalue weighted by Crippen LogP contribution is -2.41. The molecule has 1 aliphatic heterocycles. The molecule has 160 valence electrons. The Hall–Kier alpha value is -2.31. The molecule has 0 saturated carbocycles. The number of nitrogens with zero attached hydrogens (tertiary/aromatic N) is 3. The number of H-pyrrole nitrogens is 1. The topological polar surface area (TPSA) is 35.2 Å². The van der Waals surface area contributed by atoms with Gasteiger partial charge in [0.2, 0.25) is 0 Å². The predicted octanol–water partition coefficient (Wildman–Crippen LogP) is 4.62. The van der Waals surface area contributed by atoms with Crippen LogP contribution >= 0.6 is 0 Å². The van der Waals surface area contributed by atoms with E-state index < -0.39 is 0 Å². The van der Waals surface area contributed by atoms with Gasteiger partial charge in [0.05, 0.1) is 17.6 Å². The largest absolute Gasteiger partial charge is 0.341 e. The van der Waals surface area contributed by atoms with E-state index in [-0.39, 0.29) is 11.6 Å². The number of nitrogens with one attached hydrogen (secondary N) is 1. The van der Waals surface area contributed by atoms with Gasteiger partial charge in [-0.05, 0) is 74.2 Å². The minimum atomic E-state index is -0.245. The minimum Gasteiger partial charge on any atom is -0.341 e. The van der Waals surface area contributed by atoms with Crippen molar-refractivity contribution >= 4 is 11.0 Å². The molecule has 30 heavy (non-hydrogen) atoms. The maximum atomic E-state index is 13.4. The first-order valence-corrected chi connectivity index (χ1v) is 10.9. The summed E-state index contributed by atoms with van der Waals surface area (Å²) < 4.78 is 26.8. The molecule has 1 N–H and O–H groups in total. The van der Waals surface area contributed by atoms with E-state index in [0.717, 1.165) is 68.1 Å². The Morgan fingerprint density at radius 2 is 2.03 bits per heavy atom. The van der Waals surface area contributed by atoms with Gasteiger partial charge in [0.25, 0.3) is 0 Å². The van der Waals surface area contributed by atoms with Crippen LogP contribution in [0.25, 0.3) is 11.0 Å². The number of hydrogen-bond acceptors (Lipinski definition) is 3. The van der Waals surface area contributed by atoms with Crippen LogP contribution < -0.4 is 0 Å². The SMILES string of the molecule is CCN(Cc1nc2ccc(F)cc2[nH]1)CC1CCCN(CCc2cccc(F)c2)C1. The lowest BCUT2D eigenvalue weighted by Gasteiger charge is -2.35. The fourth-order valence-electron chi connectivity index (χ4n) is 4.48. The van der Waals surface area contributed by atoms with E-state index in [1.54, 1.807) is 18.2 Å². The summed E-state index contributed by atoms with van der Waals surface area (Å²) in [4.78, 5) is 12.8. The Morgan fingerprint density at radius 1 is 1.17 bits per heavy atom. The summed E-state index contributed by atoms with van der Waals surface area (Å²) in [6, 6.07) is 11.6. The summed E-state index contributed by atoms with van der Waals surface area (Å²) in [6.07, 6.45) is 3.32. The molecule has 0 bridgehead atoms. The normalized spacial score (nSPS) is 17.8. The van der Waals surface area contributed by atoms with E-state index in [1.165, 1.54) is 31.0 Å². The van der Waals surface area contributed by atoms with E-state index >= 15 is 0 Å². The van der Waals surface area contributed by atoms with E-state index in [9.17, 15) is 8.78 Å². The molecule has 2 aromatic carbocycles. The number of rotatable bonds is 8. The first-order valence-electron chi connectivity index (χ1n) is 10.9. The smallest absolute Gasteiger partial charge is 0.125 e. The quantitative estimate of drug-likeness (QED) is 0.586. The Bertz CT molecular complexity index is 971. The van der Waals surface area contributed by atoms with Crippen LogP contribution in [0, 0.1) is 17.6 Å². The van der Waals surface area contributed by atoms with Crippen LogP contribution in [-0.2, 0) is 13.0 Å². The molecule has 1 unspecified atom stereocenters. The van der Waals surface area contributed by atoms with Crippen molar-refractivity contribution in [2.24, 2.45) is 5.92 Å². The maximum Gasteiger partial charge on any atom is 0.125 e. The van der Waals surface area contributed by atoms with Gasteiger partial charge in [0.1, 0.15) is 17.5 Å². The number of fused-ring (bicyclic) bond motifs is 1. The summed E-state index contributed by atoms with van der Waals surface area (Å²) >= 11 is 0. The van der Waals surface area contributed by atoms with Crippen molar-refractivity contribution < 1.29 is 8.78 Å². The summed E-state index contributed by atoms with van der Waals surface area (Å²) in [6.45, 7) is 8.06. The Balaban J connectivity index is 1.31. The van der Waals surface area contributed by atoms with Gasteiger partial charge < -0.3 is 9.88 Å². The second kappa shape index (κ2) is 9.67. The molecular formula is C24H30F2N4. The van der Waals surface area contributed by atoms with Crippen molar-refractivity contribution in [3.63, 3.8) is 0 Å². The molecule has 1 atom stereocenters. The second-order valence-electron chi connectivity index (χ2n) is 8.36. The molecule has 4 nitrogen and oxygen atoms in total. The first kappa shape index (κ1) is 20.9. The van der Waals surface area contributed by atoms with Gasteiger partial charge in [-0.2, -0.15) is 0 Å². The van der Waals surface area contributed by atoms with Gasteiger partial charge >= 0.3 is 0 Å². The first-order chi connectivity index (χ1) is 14.6. The van der Waals surface area contributed by atoms with Crippen molar-refractivity contribution in [3.05, 3.63) is 65.5 Å². The lowest BCUT2D eigenvalue weighted by molar-refractivity contribution is 0.132. The van der Waals surface area contributed by atoms with Crippen LogP contribution in [0.1, 0.15) is 31.2 Å². The van der Waals surface area contributed by atoms with Crippen molar-refractivity contribution in [3.8, 4) is 0 Å². The monoisotopic (exact) mass is 412 g/mol. The molecule has 1 aromatic heterocycles. The molecule has 1 fully saturated rings. The molecule has 1 saturated heterocycles. The zero-order chi connectivity index (χ0) is 20.9. The second-order valence-corrected chi connectivity index (χ2v) is 8.36. The number of likely N-dealkylation sites (tertiary alicyclic amines) is 1. The Labute approximate surface area is 176 Å². The van der Waals surface area contributed by atoms with E-state index in [4.69, 9.17) is 0 Å². The molecular weight excluding hydrogens is 382 g/mol. The van der Waals surface area contributed by atoms with Gasteiger partial charge in [-0.25, -0.2) is 13.8 Å².